The molecule has 2 fully saturated rings. The second kappa shape index (κ2) is 13.5. The summed E-state index contributed by atoms with van der Waals surface area (Å²) in [5.41, 5.74) is 0.963. The molecule has 2 saturated heterocycles. The van der Waals surface area contributed by atoms with E-state index in [4.69, 9.17) is 18.1 Å². The van der Waals surface area contributed by atoms with Gasteiger partial charge in [0.25, 0.3) is 18.4 Å². The van der Waals surface area contributed by atoms with Gasteiger partial charge in [-0.3, -0.25) is 4.18 Å². The normalized spacial score (nSPS) is 24.3. The molecule has 2 heterocycles. The van der Waals surface area contributed by atoms with Crippen molar-refractivity contribution in [1.29, 1.82) is 0 Å². The van der Waals surface area contributed by atoms with Gasteiger partial charge in [0, 0.05) is 0 Å². The van der Waals surface area contributed by atoms with Gasteiger partial charge in [-0.2, -0.15) is 8.42 Å². The highest BCUT2D eigenvalue weighted by atomic mass is 32.2. The molecular formula is C35H46O7SSi. The molecule has 0 aromatic heterocycles. The number of hydrogen-bond donors (Lipinski definition) is 1. The minimum atomic E-state index is -4.11. The molecule has 6 atom stereocenters. The average molecular weight is 639 g/mol. The van der Waals surface area contributed by atoms with E-state index in [1.54, 1.807) is 31.2 Å². The Morgan fingerprint density at radius 1 is 0.818 bits per heavy atom. The van der Waals surface area contributed by atoms with Crippen LogP contribution < -0.4 is 10.4 Å². The van der Waals surface area contributed by atoms with E-state index in [-0.39, 0.29) is 34.9 Å². The monoisotopic (exact) mass is 638 g/mol. The standard InChI is InChI=1S/C35H46O7SSi/c1-25-16-18-27(19-17-25)43(37,38)42-34(33-23-22-32(41-33)31-21-20-30(40-31)26(2)36)24-39-44(35(3,4)5,28-12-8-6-9-13-28)29-14-10-7-11-15-29/h6-19,26,30-34,36H,20-24H2,1-5H3/t26-,30-,31-,32-,33-,34+/m1/s1. The number of rotatable bonds is 11. The lowest BCUT2D eigenvalue weighted by molar-refractivity contribution is -0.106. The lowest BCUT2D eigenvalue weighted by atomic mass is 10.0. The Balaban J connectivity index is 1.47. The van der Waals surface area contributed by atoms with Crippen LogP contribution in [0.25, 0.3) is 0 Å². The highest BCUT2D eigenvalue weighted by Gasteiger charge is 2.51. The summed E-state index contributed by atoms with van der Waals surface area (Å²) in [5.74, 6) is 0. The van der Waals surface area contributed by atoms with Gasteiger partial charge in [-0.1, -0.05) is 99.1 Å². The SMILES string of the molecule is Cc1ccc(S(=O)(=O)O[C@@H](CO[Si](c2ccccc2)(c2ccccc2)C(C)(C)C)[C@H]2CC[C@H]([C@H]3CC[C@H]([C@@H](C)O)O3)O2)cc1. The van der Waals surface area contributed by atoms with Crippen molar-refractivity contribution in [2.45, 2.75) is 107 Å². The molecule has 0 bridgehead atoms. The van der Waals surface area contributed by atoms with Crippen LogP contribution in [-0.4, -0.2) is 65.1 Å². The molecule has 0 amide bonds. The maximum atomic E-state index is 13.7. The zero-order valence-corrected chi connectivity index (χ0v) is 28.2. The van der Waals surface area contributed by atoms with Crippen molar-refractivity contribution in [3.63, 3.8) is 0 Å². The Labute approximate surface area is 263 Å². The molecule has 0 spiro atoms. The molecule has 2 aliphatic heterocycles. The summed E-state index contributed by atoms with van der Waals surface area (Å²) in [7, 11) is -7.08. The van der Waals surface area contributed by atoms with Crippen LogP contribution in [0.15, 0.2) is 89.8 Å². The average Bonchev–Trinajstić information content (AvgIpc) is 3.68. The summed E-state index contributed by atoms with van der Waals surface area (Å²) in [4.78, 5) is 0.104. The zero-order valence-electron chi connectivity index (χ0n) is 26.4. The molecular weight excluding hydrogens is 593 g/mol. The molecule has 2 aliphatic rings. The summed E-state index contributed by atoms with van der Waals surface area (Å²) < 4.78 is 53.2. The first-order valence-electron chi connectivity index (χ1n) is 15.6. The largest absolute Gasteiger partial charge is 0.405 e. The molecule has 0 unspecified atom stereocenters. The minimum Gasteiger partial charge on any atom is -0.405 e. The van der Waals surface area contributed by atoms with Gasteiger partial charge in [0.1, 0.15) is 6.10 Å². The molecule has 0 aliphatic carbocycles. The Hall–Kier alpha value is -2.37. The summed E-state index contributed by atoms with van der Waals surface area (Å²) >= 11 is 0. The van der Waals surface area contributed by atoms with E-state index in [1.807, 2.05) is 43.3 Å². The Kier molecular flexibility index (Phi) is 10.2. The fraction of sp³-hybridized carbons (Fsp3) is 0.486. The maximum Gasteiger partial charge on any atom is 0.297 e. The Morgan fingerprint density at radius 2 is 1.32 bits per heavy atom. The van der Waals surface area contributed by atoms with Crippen LogP contribution in [0.4, 0.5) is 0 Å². The highest BCUT2D eigenvalue weighted by Crippen LogP contribution is 2.39. The molecule has 44 heavy (non-hydrogen) atoms. The second-order valence-corrected chi connectivity index (χ2v) is 19.1. The van der Waals surface area contributed by atoms with Crippen molar-refractivity contribution in [3.8, 4) is 0 Å². The van der Waals surface area contributed by atoms with Crippen molar-refractivity contribution in [3.05, 3.63) is 90.5 Å². The Morgan fingerprint density at radius 3 is 1.80 bits per heavy atom. The van der Waals surface area contributed by atoms with Crippen LogP contribution in [0.1, 0.15) is 58.9 Å². The van der Waals surface area contributed by atoms with E-state index >= 15 is 0 Å². The lowest BCUT2D eigenvalue weighted by Gasteiger charge is -2.44. The van der Waals surface area contributed by atoms with Crippen molar-refractivity contribution in [2.75, 3.05) is 6.61 Å². The van der Waals surface area contributed by atoms with Crippen LogP contribution in [0.3, 0.4) is 0 Å². The van der Waals surface area contributed by atoms with Crippen molar-refractivity contribution < 1.29 is 31.6 Å². The third-order valence-corrected chi connectivity index (χ3v) is 15.3. The summed E-state index contributed by atoms with van der Waals surface area (Å²) in [5, 5.41) is 12.0. The number of aliphatic hydroxyl groups is 1. The van der Waals surface area contributed by atoms with Crippen molar-refractivity contribution in [2.24, 2.45) is 0 Å². The number of ether oxygens (including phenoxy) is 2. The van der Waals surface area contributed by atoms with Crippen LogP contribution in [-0.2, 0) is 28.2 Å². The van der Waals surface area contributed by atoms with Crippen molar-refractivity contribution >= 4 is 28.8 Å². The molecule has 3 aromatic rings. The maximum absolute atomic E-state index is 13.7. The van der Waals surface area contributed by atoms with Crippen LogP contribution in [0.2, 0.25) is 5.04 Å². The zero-order chi connectivity index (χ0) is 31.5. The van der Waals surface area contributed by atoms with Gasteiger partial charge in [0.15, 0.2) is 0 Å². The first-order valence-corrected chi connectivity index (χ1v) is 19.0. The third-order valence-electron chi connectivity index (χ3n) is 8.98. The minimum absolute atomic E-state index is 0.0393. The molecule has 7 nitrogen and oxygen atoms in total. The number of aryl methyl sites for hydroxylation is 1. The van der Waals surface area contributed by atoms with Gasteiger partial charge >= 0.3 is 0 Å². The van der Waals surface area contributed by atoms with E-state index in [1.165, 1.54) is 0 Å². The molecule has 5 rings (SSSR count). The molecule has 0 radical (unpaired) electrons. The lowest BCUT2D eigenvalue weighted by Crippen LogP contribution is -2.67. The number of hydrogen-bond acceptors (Lipinski definition) is 7. The molecule has 238 valence electrons. The van der Waals surface area contributed by atoms with E-state index < -0.39 is 36.7 Å². The third kappa shape index (κ3) is 7.04. The molecule has 9 heteroatoms. The quantitative estimate of drug-likeness (QED) is 0.230. The summed E-state index contributed by atoms with van der Waals surface area (Å²) in [6, 6.07) is 27.2. The molecule has 3 aromatic carbocycles. The summed E-state index contributed by atoms with van der Waals surface area (Å²) in [6.45, 7) is 10.3. The fourth-order valence-electron chi connectivity index (χ4n) is 6.64. The van der Waals surface area contributed by atoms with E-state index in [9.17, 15) is 13.5 Å². The van der Waals surface area contributed by atoms with Crippen LogP contribution in [0, 0.1) is 6.92 Å². The first-order chi connectivity index (χ1) is 20.9. The summed E-state index contributed by atoms with van der Waals surface area (Å²) in [6.07, 6.45) is 0.395. The number of benzene rings is 3. The fourth-order valence-corrected chi connectivity index (χ4v) is 12.3. The van der Waals surface area contributed by atoms with Crippen LogP contribution >= 0.6 is 0 Å². The molecule has 0 saturated carbocycles. The van der Waals surface area contributed by atoms with Crippen molar-refractivity contribution in [1.82, 2.24) is 0 Å². The van der Waals surface area contributed by atoms with Gasteiger partial charge in [-0.25, -0.2) is 0 Å². The smallest absolute Gasteiger partial charge is 0.297 e. The highest BCUT2D eigenvalue weighted by molar-refractivity contribution is 7.86. The van der Waals surface area contributed by atoms with Crippen LogP contribution in [0.5, 0.6) is 0 Å². The van der Waals surface area contributed by atoms with Gasteiger partial charge in [-0.15, -0.1) is 0 Å². The molecule has 1 N–H and O–H groups in total. The van der Waals surface area contributed by atoms with Gasteiger partial charge < -0.3 is 19.0 Å². The second-order valence-electron chi connectivity index (χ2n) is 13.2. The number of aliphatic hydroxyl groups excluding tert-OH is 1. The van der Waals surface area contributed by atoms with E-state index in [0.29, 0.717) is 12.8 Å². The van der Waals surface area contributed by atoms with E-state index in [2.05, 4.69) is 45.0 Å². The predicted molar refractivity (Wildman–Crippen MR) is 174 cm³/mol. The topological polar surface area (TPSA) is 91.3 Å². The van der Waals surface area contributed by atoms with Gasteiger partial charge in [0.05, 0.1) is 42.0 Å². The predicted octanol–water partition coefficient (Wildman–Crippen LogP) is 5.12. The first kappa shape index (κ1) is 33.0. The van der Waals surface area contributed by atoms with E-state index in [0.717, 1.165) is 28.8 Å². The van der Waals surface area contributed by atoms with Gasteiger partial charge in [-0.05, 0) is 67.1 Å². The Bertz CT molecular complexity index is 1420. The van der Waals surface area contributed by atoms with Gasteiger partial charge in [0.2, 0.25) is 0 Å².